The van der Waals surface area contributed by atoms with Gasteiger partial charge in [0.25, 0.3) is 0 Å². The first-order chi connectivity index (χ1) is 8.99. The molecule has 1 heterocycles. The fourth-order valence-corrected chi connectivity index (χ4v) is 2.27. The van der Waals surface area contributed by atoms with Crippen LogP contribution in [0.2, 0.25) is 0 Å². The second-order valence-corrected chi connectivity index (χ2v) is 4.83. The first-order valence-corrected chi connectivity index (χ1v) is 6.38. The third-order valence-corrected chi connectivity index (χ3v) is 3.02. The highest BCUT2D eigenvalue weighted by Crippen LogP contribution is 2.25. The number of hydrogen-bond acceptors (Lipinski definition) is 4. The van der Waals surface area contributed by atoms with Gasteiger partial charge in [-0.3, -0.25) is 0 Å². The standard InChI is InChI=1S/C15H20N4/c1-9-6-10(2)15(11(3)7-9)19-14-8-13(16-5)17-12(4)18-14/h6-8H,1-5H3,(H2,16,17,18,19). The van der Waals surface area contributed by atoms with Crippen LogP contribution in [0.25, 0.3) is 0 Å². The number of aromatic nitrogens is 2. The van der Waals surface area contributed by atoms with Crippen molar-refractivity contribution in [1.29, 1.82) is 0 Å². The van der Waals surface area contributed by atoms with Crippen LogP contribution in [-0.4, -0.2) is 17.0 Å². The maximum atomic E-state index is 4.42. The van der Waals surface area contributed by atoms with Gasteiger partial charge in [0.15, 0.2) is 0 Å². The summed E-state index contributed by atoms with van der Waals surface area (Å²) in [6.45, 7) is 8.21. The molecule has 0 fully saturated rings. The molecule has 0 bridgehead atoms. The van der Waals surface area contributed by atoms with Gasteiger partial charge in [-0.2, -0.15) is 0 Å². The minimum atomic E-state index is 0.747. The molecule has 0 radical (unpaired) electrons. The van der Waals surface area contributed by atoms with E-state index in [0.717, 1.165) is 23.1 Å². The van der Waals surface area contributed by atoms with Crippen LogP contribution in [0.3, 0.4) is 0 Å². The Kier molecular flexibility index (Phi) is 3.69. The third-order valence-electron chi connectivity index (χ3n) is 3.02. The molecule has 0 atom stereocenters. The molecule has 2 aromatic rings. The number of nitrogens with zero attached hydrogens (tertiary/aromatic N) is 2. The molecule has 0 unspecified atom stereocenters. The molecule has 0 saturated heterocycles. The maximum absolute atomic E-state index is 4.42. The van der Waals surface area contributed by atoms with Crippen LogP contribution in [0.5, 0.6) is 0 Å². The zero-order valence-corrected chi connectivity index (χ0v) is 12.1. The second kappa shape index (κ2) is 5.26. The van der Waals surface area contributed by atoms with E-state index in [2.05, 4.69) is 53.5 Å². The van der Waals surface area contributed by atoms with E-state index in [4.69, 9.17) is 0 Å². The van der Waals surface area contributed by atoms with Gasteiger partial charge in [-0.25, -0.2) is 9.97 Å². The molecule has 0 aliphatic heterocycles. The van der Waals surface area contributed by atoms with Crippen LogP contribution in [0.15, 0.2) is 18.2 Å². The Morgan fingerprint density at radius 1 is 0.842 bits per heavy atom. The molecule has 2 rings (SSSR count). The lowest BCUT2D eigenvalue weighted by Crippen LogP contribution is -2.03. The van der Waals surface area contributed by atoms with Gasteiger partial charge in [-0.15, -0.1) is 0 Å². The van der Waals surface area contributed by atoms with Gasteiger partial charge in [0.2, 0.25) is 0 Å². The molecule has 4 nitrogen and oxygen atoms in total. The topological polar surface area (TPSA) is 49.8 Å². The van der Waals surface area contributed by atoms with Crippen molar-refractivity contribution in [3.63, 3.8) is 0 Å². The molecule has 1 aromatic heterocycles. The summed E-state index contributed by atoms with van der Waals surface area (Å²) in [5.74, 6) is 2.38. The predicted molar refractivity (Wildman–Crippen MR) is 80.3 cm³/mol. The average Bonchev–Trinajstić information content (AvgIpc) is 2.33. The molecule has 0 saturated carbocycles. The van der Waals surface area contributed by atoms with E-state index in [1.54, 1.807) is 0 Å². The lowest BCUT2D eigenvalue weighted by atomic mass is 10.1. The van der Waals surface area contributed by atoms with E-state index in [1.807, 2.05) is 20.0 Å². The highest BCUT2D eigenvalue weighted by Gasteiger charge is 2.06. The van der Waals surface area contributed by atoms with Crippen molar-refractivity contribution >= 4 is 17.3 Å². The summed E-state index contributed by atoms with van der Waals surface area (Å²) in [5, 5.41) is 6.43. The van der Waals surface area contributed by atoms with Gasteiger partial charge in [0, 0.05) is 18.8 Å². The number of benzene rings is 1. The maximum Gasteiger partial charge on any atom is 0.136 e. The van der Waals surface area contributed by atoms with E-state index in [1.165, 1.54) is 16.7 Å². The number of hydrogen-bond donors (Lipinski definition) is 2. The van der Waals surface area contributed by atoms with Crippen molar-refractivity contribution in [2.45, 2.75) is 27.7 Å². The van der Waals surface area contributed by atoms with E-state index >= 15 is 0 Å². The van der Waals surface area contributed by atoms with E-state index in [0.29, 0.717) is 0 Å². The summed E-state index contributed by atoms with van der Waals surface area (Å²) >= 11 is 0. The first-order valence-electron chi connectivity index (χ1n) is 6.38. The molecule has 19 heavy (non-hydrogen) atoms. The zero-order valence-electron chi connectivity index (χ0n) is 12.1. The van der Waals surface area contributed by atoms with Gasteiger partial charge in [-0.1, -0.05) is 17.7 Å². The molecular weight excluding hydrogens is 236 g/mol. The molecular formula is C15H20N4. The SMILES string of the molecule is CNc1cc(Nc2c(C)cc(C)cc2C)nc(C)n1. The van der Waals surface area contributed by atoms with Crippen LogP contribution < -0.4 is 10.6 Å². The third kappa shape index (κ3) is 3.02. The minimum absolute atomic E-state index is 0.747. The fourth-order valence-electron chi connectivity index (χ4n) is 2.27. The van der Waals surface area contributed by atoms with Crippen molar-refractivity contribution in [1.82, 2.24) is 9.97 Å². The Morgan fingerprint density at radius 2 is 1.42 bits per heavy atom. The van der Waals surface area contributed by atoms with Crippen molar-refractivity contribution in [2.75, 3.05) is 17.7 Å². The molecule has 1 aromatic carbocycles. The van der Waals surface area contributed by atoms with Gasteiger partial charge < -0.3 is 10.6 Å². The summed E-state index contributed by atoms with van der Waals surface area (Å²) in [4.78, 5) is 8.71. The van der Waals surface area contributed by atoms with Crippen molar-refractivity contribution in [2.24, 2.45) is 0 Å². The lowest BCUT2D eigenvalue weighted by molar-refractivity contribution is 1.05. The number of nitrogens with one attached hydrogen (secondary N) is 2. The van der Waals surface area contributed by atoms with Crippen LogP contribution in [0, 0.1) is 27.7 Å². The van der Waals surface area contributed by atoms with Gasteiger partial charge in [-0.05, 0) is 38.8 Å². The highest BCUT2D eigenvalue weighted by atomic mass is 15.1. The van der Waals surface area contributed by atoms with Crippen LogP contribution in [0.4, 0.5) is 17.3 Å². The minimum Gasteiger partial charge on any atom is -0.373 e. The largest absolute Gasteiger partial charge is 0.373 e. The van der Waals surface area contributed by atoms with Crippen molar-refractivity contribution in [3.05, 3.63) is 40.7 Å². The molecule has 2 N–H and O–H groups in total. The van der Waals surface area contributed by atoms with Crippen LogP contribution in [0.1, 0.15) is 22.5 Å². The Hall–Kier alpha value is -2.10. The summed E-state index contributed by atoms with van der Waals surface area (Å²) in [5.41, 5.74) is 4.83. The lowest BCUT2D eigenvalue weighted by Gasteiger charge is -2.14. The Labute approximate surface area is 114 Å². The normalized spacial score (nSPS) is 10.4. The molecule has 0 aliphatic carbocycles. The monoisotopic (exact) mass is 256 g/mol. The smallest absolute Gasteiger partial charge is 0.136 e. The fraction of sp³-hybridized carbons (Fsp3) is 0.333. The van der Waals surface area contributed by atoms with Gasteiger partial charge in [0.1, 0.15) is 17.5 Å². The summed E-state index contributed by atoms with van der Waals surface area (Å²) in [7, 11) is 1.86. The number of rotatable bonds is 3. The molecule has 100 valence electrons. The van der Waals surface area contributed by atoms with Crippen molar-refractivity contribution in [3.8, 4) is 0 Å². The summed E-state index contributed by atoms with van der Waals surface area (Å²) in [6.07, 6.45) is 0. The summed E-state index contributed by atoms with van der Waals surface area (Å²) in [6, 6.07) is 6.25. The summed E-state index contributed by atoms with van der Waals surface area (Å²) < 4.78 is 0. The molecule has 0 spiro atoms. The highest BCUT2D eigenvalue weighted by molar-refractivity contribution is 5.66. The number of aryl methyl sites for hydroxylation is 4. The van der Waals surface area contributed by atoms with E-state index in [-0.39, 0.29) is 0 Å². The van der Waals surface area contributed by atoms with E-state index < -0.39 is 0 Å². The van der Waals surface area contributed by atoms with Crippen molar-refractivity contribution < 1.29 is 0 Å². The van der Waals surface area contributed by atoms with Gasteiger partial charge >= 0.3 is 0 Å². The van der Waals surface area contributed by atoms with Crippen LogP contribution in [-0.2, 0) is 0 Å². The first kappa shape index (κ1) is 13.3. The second-order valence-electron chi connectivity index (χ2n) is 4.83. The van der Waals surface area contributed by atoms with E-state index in [9.17, 15) is 0 Å². The van der Waals surface area contributed by atoms with Crippen LogP contribution >= 0.6 is 0 Å². The Bertz CT molecular complexity index is 582. The Balaban J connectivity index is 2.39. The Morgan fingerprint density at radius 3 is 2.00 bits per heavy atom. The molecule has 0 amide bonds. The molecule has 4 heteroatoms. The van der Waals surface area contributed by atoms with Gasteiger partial charge in [0.05, 0.1) is 0 Å². The predicted octanol–water partition coefficient (Wildman–Crippen LogP) is 3.50. The average molecular weight is 256 g/mol. The molecule has 0 aliphatic rings. The quantitative estimate of drug-likeness (QED) is 0.882. The zero-order chi connectivity index (χ0) is 14.0. The number of anilines is 3.